The Morgan fingerprint density at radius 3 is 2.39 bits per heavy atom. The van der Waals surface area contributed by atoms with E-state index in [1.807, 2.05) is 13.2 Å². The van der Waals surface area contributed by atoms with Gasteiger partial charge < -0.3 is 5.32 Å². The smallest absolute Gasteiger partial charge is 0.161 e. The topological polar surface area (TPSA) is 37.8 Å². The van der Waals surface area contributed by atoms with Gasteiger partial charge in [0.05, 0.1) is 3.57 Å². The molecule has 0 saturated heterocycles. The van der Waals surface area contributed by atoms with Gasteiger partial charge in [-0.3, -0.25) is 0 Å². The Morgan fingerprint density at radius 2 is 1.83 bits per heavy atom. The lowest BCUT2D eigenvalue weighted by molar-refractivity contribution is 0.867. The van der Waals surface area contributed by atoms with Gasteiger partial charge in [-0.1, -0.05) is 38.1 Å². The molecule has 1 N–H and O–H groups in total. The van der Waals surface area contributed by atoms with Gasteiger partial charge in [0.1, 0.15) is 5.82 Å². The quantitative estimate of drug-likeness (QED) is 0.851. The fourth-order valence-corrected chi connectivity index (χ4v) is 2.23. The third-order valence-electron chi connectivity index (χ3n) is 2.82. The maximum atomic E-state index is 4.51. The van der Waals surface area contributed by atoms with Gasteiger partial charge in [0.15, 0.2) is 5.82 Å². The Bertz CT molecular complexity index is 535. The fourth-order valence-electron chi connectivity index (χ4n) is 1.70. The summed E-state index contributed by atoms with van der Waals surface area (Å²) in [6.07, 6.45) is 1.84. The van der Waals surface area contributed by atoms with Crippen molar-refractivity contribution in [1.82, 2.24) is 9.97 Å². The molecule has 0 aliphatic heterocycles. The third-order valence-corrected chi connectivity index (χ3v) is 3.61. The van der Waals surface area contributed by atoms with Crippen molar-refractivity contribution in [2.24, 2.45) is 0 Å². The number of benzene rings is 1. The number of aromatic nitrogens is 2. The molecule has 0 unspecified atom stereocenters. The summed E-state index contributed by atoms with van der Waals surface area (Å²) < 4.78 is 1.03. The number of hydrogen-bond donors (Lipinski definition) is 1. The van der Waals surface area contributed by atoms with E-state index < -0.39 is 0 Å². The average Bonchev–Trinajstić information content (AvgIpc) is 2.39. The highest BCUT2D eigenvalue weighted by Gasteiger charge is 2.06. The third kappa shape index (κ3) is 2.80. The fraction of sp³-hybridized carbons (Fsp3) is 0.286. The molecule has 2 aromatic rings. The molecule has 0 atom stereocenters. The van der Waals surface area contributed by atoms with Gasteiger partial charge in [0.25, 0.3) is 0 Å². The van der Waals surface area contributed by atoms with Crippen LogP contribution in [0.5, 0.6) is 0 Å². The highest BCUT2D eigenvalue weighted by molar-refractivity contribution is 14.1. The van der Waals surface area contributed by atoms with Crippen LogP contribution < -0.4 is 5.32 Å². The minimum atomic E-state index is 0.546. The van der Waals surface area contributed by atoms with Gasteiger partial charge in [-0.25, -0.2) is 9.97 Å². The second-order valence-corrected chi connectivity index (χ2v) is 5.58. The normalized spacial score (nSPS) is 10.7. The number of halogens is 1. The first-order chi connectivity index (χ1) is 8.61. The summed E-state index contributed by atoms with van der Waals surface area (Å²) >= 11 is 2.22. The number of rotatable bonds is 3. The molecule has 94 valence electrons. The van der Waals surface area contributed by atoms with E-state index in [0.29, 0.717) is 5.92 Å². The molecule has 0 fully saturated rings. The van der Waals surface area contributed by atoms with Crippen molar-refractivity contribution in [3.63, 3.8) is 0 Å². The molecular weight excluding hydrogens is 337 g/mol. The Morgan fingerprint density at radius 1 is 1.17 bits per heavy atom. The van der Waals surface area contributed by atoms with Gasteiger partial charge in [0.2, 0.25) is 0 Å². The van der Waals surface area contributed by atoms with E-state index >= 15 is 0 Å². The Balaban J connectivity index is 2.36. The minimum Gasteiger partial charge on any atom is -0.372 e. The Labute approximate surface area is 121 Å². The van der Waals surface area contributed by atoms with Crippen LogP contribution in [0.1, 0.15) is 25.3 Å². The number of hydrogen-bond acceptors (Lipinski definition) is 3. The standard InChI is InChI=1S/C14H16IN3/c1-9(2)10-4-6-11(7-5-10)13-17-8-12(15)14(16-3)18-13/h4-9H,1-3H3,(H,16,17,18). The molecular formula is C14H16IN3. The molecule has 0 aliphatic rings. The summed E-state index contributed by atoms with van der Waals surface area (Å²) in [7, 11) is 1.87. The number of nitrogens with one attached hydrogen (secondary N) is 1. The summed E-state index contributed by atoms with van der Waals surface area (Å²) in [6.45, 7) is 4.38. The molecule has 0 spiro atoms. The molecule has 0 aliphatic carbocycles. The molecule has 18 heavy (non-hydrogen) atoms. The van der Waals surface area contributed by atoms with Crippen molar-refractivity contribution in [1.29, 1.82) is 0 Å². The summed E-state index contributed by atoms with van der Waals surface area (Å²) in [5.41, 5.74) is 2.38. The molecule has 2 rings (SSSR count). The maximum Gasteiger partial charge on any atom is 0.161 e. The first-order valence-electron chi connectivity index (χ1n) is 5.92. The maximum absolute atomic E-state index is 4.51. The summed E-state index contributed by atoms with van der Waals surface area (Å²) in [5, 5.41) is 3.08. The molecule has 1 heterocycles. The van der Waals surface area contributed by atoms with Crippen LogP contribution in [0.3, 0.4) is 0 Å². The van der Waals surface area contributed by atoms with E-state index in [1.54, 1.807) is 0 Å². The monoisotopic (exact) mass is 353 g/mol. The van der Waals surface area contributed by atoms with Gasteiger partial charge in [0, 0.05) is 18.8 Å². The largest absolute Gasteiger partial charge is 0.372 e. The van der Waals surface area contributed by atoms with Crippen molar-refractivity contribution >= 4 is 28.4 Å². The van der Waals surface area contributed by atoms with Gasteiger partial charge >= 0.3 is 0 Å². The molecule has 3 nitrogen and oxygen atoms in total. The van der Waals surface area contributed by atoms with Crippen LogP contribution in [0.25, 0.3) is 11.4 Å². The zero-order valence-corrected chi connectivity index (χ0v) is 12.9. The van der Waals surface area contributed by atoms with Crippen LogP contribution in [-0.2, 0) is 0 Å². The molecule has 4 heteroatoms. The number of anilines is 1. The molecule has 0 radical (unpaired) electrons. The molecule has 1 aromatic carbocycles. The van der Waals surface area contributed by atoms with Gasteiger partial charge in [-0.15, -0.1) is 0 Å². The predicted octanol–water partition coefficient (Wildman–Crippen LogP) is 3.91. The zero-order valence-electron chi connectivity index (χ0n) is 10.7. The first kappa shape index (κ1) is 13.3. The van der Waals surface area contributed by atoms with E-state index in [2.05, 4.69) is 76.0 Å². The number of nitrogens with zero attached hydrogens (tertiary/aromatic N) is 2. The zero-order chi connectivity index (χ0) is 13.1. The van der Waals surface area contributed by atoms with Crippen LogP contribution in [0, 0.1) is 3.57 Å². The van der Waals surface area contributed by atoms with Crippen molar-refractivity contribution < 1.29 is 0 Å². The van der Waals surface area contributed by atoms with Crippen LogP contribution in [0.2, 0.25) is 0 Å². The second-order valence-electron chi connectivity index (χ2n) is 4.42. The van der Waals surface area contributed by atoms with Crippen molar-refractivity contribution in [3.8, 4) is 11.4 Å². The minimum absolute atomic E-state index is 0.546. The van der Waals surface area contributed by atoms with E-state index in [0.717, 1.165) is 20.8 Å². The van der Waals surface area contributed by atoms with Gasteiger partial charge in [-0.2, -0.15) is 0 Å². The Kier molecular flexibility index (Phi) is 4.16. The Hall–Kier alpha value is -1.17. The average molecular weight is 353 g/mol. The summed E-state index contributed by atoms with van der Waals surface area (Å²) in [4.78, 5) is 8.88. The molecule has 0 amide bonds. The van der Waals surface area contributed by atoms with Crippen molar-refractivity contribution in [3.05, 3.63) is 39.6 Å². The molecule has 0 saturated carbocycles. The lowest BCUT2D eigenvalue weighted by Crippen LogP contribution is -1.99. The SMILES string of the molecule is CNc1nc(-c2ccc(C(C)C)cc2)ncc1I. The lowest BCUT2D eigenvalue weighted by atomic mass is 10.0. The van der Waals surface area contributed by atoms with Gasteiger partial charge in [-0.05, 0) is 34.1 Å². The molecule has 0 bridgehead atoms. The van der Waals surface area contributed by atoms with E-state index in [9.17, 15) is 0 Å². The van der Waals surface area contributed by atoms with Crippen LogP contribution in [-0.4, -0.2) is 17.0 Å². The van der Waals surface area contributed by atoms with Crippen LogP contribution in [0.4, 0.5) is 5.82 Å². The van der Waals surface area contributed by atoms with E-state index in [1.165, 1.54) is 5.56 Å². The summed E-state index contributed by atoms with van der Waals surface area (Å²) in [6, 6.07) is 8.44. The molecule has 1 aromatic heterocycles. The van der Waals surface area contributed by atoms with Crippen LogP contribution in [0.15, 0.2) is 30.5 Å². The predicted molar refractivity (Wildman–Crippen MR) is 83.8 cm³/mol. The van der Waals surface area contributed by atoms with Crippen molar-refractivity contribution in [2.75, 3.05) is 12.4 Å². The lowest BCUT2D eigenvalue weighted by Gasteiger charge is -2.08. The second kappa shape index (κ2) is 5.65. The van der Waals surface area contributed by atoms with E-state index in [4.69, 9.17) is 0 Å². The van der Waals surface area contributed by atoms with Crippen molar-refractivity contribution in [2.45, 2.75) is 19.8 Å². The summed E-state index contributed by atoms with van der Waals surface area (Å²) in [5.74, 6) is 2.17. The van der Waals surface area contributed by atoms with E-state index in [-0.39, 0.29) is 0 Å². The highest BCUT2D eigenvalue weighted by Crippen LogP contribution is 2.22. The first-order valence-corrected chi connectivity index (χ1v) is 7.00. The van der Waals surface area contributed by atoms with Crippen LogP contribution >= 0.6 is 22.6 Å². The highest BCUT2D eigenvalue weighted by atomic mass is 127.